The maximum atomic E-state index is 13.2. The summed E-state index contributed by atoms with van der Waals surface area (Å²) in [7, 11) is 0. The van der Waals surface area contributed by atoms with Crippen LogP contribution in [0.1, 0.15) is 67.8 Å². The number of halogens is 1. The van der Waals surface area contributed by atoms with Crippen molar-refractivity contribution in [2.45, 2.75) is 70.4 Å². The fourth-order valence-electron chi connectivity index (χ4n) is 5.63. The average molecular weight is 466 g/mol. The zero-order valence-electron chi connectivity index (χ0n) is 20.1. The molecule has 182 valence electrons. The van der Waals surface area contributed by atoms with Crippen molar-refractivity contribution in [3.05, 3.63) is 65.5 Å². The van der Waals surface area contributed by atoms with Gasteiger partial charge >= 0.3 is 6.03 Å². The van der Waals surface area contributed by atoms with Gasteiger partial charge < -0.3 is 10.6 Å². The molecule has 1 aliphatic heterocycles. The highest BCUT2D eigenvalue weighted by Crippen LogP contribution is 2.34. The lowest BCUT2D eigenvalue weighted by atomic mass is 9.81. The summed E-state index contributed by atoms with van der Waals surface area (Å²) in [6.07, 6.45) is 9.33. The highest BCUT2D eigenvalue weighted by atomic mass is 19.1. The Hall–Kier alpha value is -2.73. The van der Waals surface area contributed by atoms with Crippen LogP contribution < -0.4 is 10.6 Å². The summed E-state index contributed by atoms with van der Waals surface area (Å²) in [6, 6.07) is 14.9. The van der Waals surface area contributed by atoms with E-state index in [-0.39, 0.29) is 17.6 Å². The molecular formula is C28H36FN3O2. The molecule has 0 spiro atoms. The van der Waals surface area contributed by atoms with Crippen molar-refractivity contribution >= 4 is 17.5 Å². The van der Waals surface area contributed by atoms with Crippen molar-refractivity contribution in [3.63, 3.8) is 0 Å². The largest absolute Gasteiger partial charge is 0.338 e. The Kier molecular flexibility index (Phi) is 8.33. The smallest absolute Gasteiger partial charge is 0.319 e. The highest BCUT2D eigenvalue weighted by Gasteiger charge is 2.33. The Balaban J connectivity index is 1.19. The van der Waals surface area contributed by atoms with Gasteiger partial charge in [-0.05, 0) is 101 Å². The third-order valence-electron chi connectivity index (χ3n) is 7.44. The van der Waals surface area contributed by atoms with Crippen LogP contribution in [0, 0.1) is 11.7 Å². The highest BCUT2D eigenvalue weighted by molar-refractivity contribution is 5.96. The summed E-state index contributed by atoms with van der Waals surface area (Å²) < 4.78 is 13.2. The van der Waals surface area contributed by atoms with E-state index in [0.29, 0.717) is 35.8 Å². The van der Waals surface area contributed by atoms with Crippen molar-refractivity contribution in [2.75, 3.05) is 18.4 Å². The normalized spacial score (nSPS) is 22.9. The first kappa shape index (κ1) is 24.4. The van der Waals surface area contributed by atoms with Gasteiger partial charge in [-0.15, -0.1) is 0 Å². The predicted molar refractivity (Wildman–Crippen MR) is 134 cm³/mol. The molecule has 2 fully saturated rings. The van der Waals surface area contributed by atoms with E-state index >= 15 is 0 Å². The van der Waals surface area contributed by atoms with Crippen molar-refractivity contribution in [2.24, 2.45) is 5.92 Å². The van der Waals surface area contributed by atoms with Crippen LogP contribution in [0.25, 0.3) is 0 Å². The fraction of sp³-hybridized carbons (Fsp3) is 0.500. The molecule has 2 aromatic rings. The summed E-state index contributed by atoms with van der Waals surface area (Å²) >= 11 is 0. The molecule has 2 aliphatic rings. The Labute approximate surface area is 202 Å². The van der Waals surface area contributed by atoms with E-state index in [4.69, 9.17) is 0 Å². The summed E-state index contributed by atoms with van der Waals surface area (Å²) in [5.74, 6) is 0.506. The molecule has 0 unspecified atom stereocenters. The lowest BCUT2D eigenvalue weighted by Gasteiger charge is -2.38. The number of hydrogen-bond donors (Lipinski definition) is 2. The molecule has 1 saturated heterocycles. The van der Waals surface area contributed by atoms with Crippen LogP contribution in [0.2, 0.25) is 0 Å². The second-order valence-electron chi connectivity index (χ2n) is 9.85. The molecule has 34 heavy (non-hydrogen) atoms. The monoisotopic (exact) mass is 465 g/mol. The lowest BCUT2D eigenvalue weighted by Crippen LogP contribution is -2.43. The standard InChI is InChI=1S/C28H36FN3O2/c1-20(33)23-4-2-5-25(19-23)31-28(34)30-16-15-26-6-3-17-32(26)27-13-9-22(10-14-27)18-21-7-11-24(29)12-8-21/h2,4-5,7-8,11-12,19,22,26-27H,3,6,9-10,13-18H2,1H3,(H2,30,31,34)/t22?,26-,27?/m0/s1. The molecule has 0 aromatic heterocycles. The summed E-state index contributed by atoms with van der Waals surface area (Å²) in [4.78, 5) is 26.5. The zero-order chi connectivity index (χ0) is 23.9. The first-order chi connectivity index (χ1) is 16.5. The molecule has 2 N–H and O–H groups in total. The van der Waals surface area contributed by atoms with Gasteiger partial charge in [0.1, 0.15) is 5.82 Å². The number of anilines is 1. The number of rotatable bonds is 8. The summed E-state index contributed by atoms with van der Waals surface area (Å²) in [5.41, 5.74) is 2.46. The minimum atomic E-state index is -0.230. The number of ketones is 1. The van der Waals surface area contributed by atoms with E-state index in [1.807, 2.05) is 12.1 Å². The predicted octanol–water partition coefficient (Wildman–Crippen LogP) is 5.81. The Morgan fingerprint density at radius 1 is 1.03 bits per heavy atom. The number of benzene rings is 2. The number of hydrogen-bond acceptors (Lipinski definition) is 3. The average Bonchev–Trinajstić information content (AvgIpc) is 3.30. The van der Waals surface area contributed by atoms with Gasteiger partial charge in [0.05, 0.1) is 0 Å². The number of nitrogens with one attached hydrogen (secondary N) is 2. The maximum absolute atomic E-state index is 13.2. The third kappa shape index (κ3) is 6.66. The molecule has 2 aromatic carbocycles. The van der Waals surface area contributed by atoms with Gasteiger partial charge in [-0.25, -0.2) is 9.18 Å². The Bertz CT molecular complexity index is 970. The van der Waals surface area contributed by atoms with Gasteiger partial charge in [-0.1, -0.05) is 24.3 Å². The van der Waals surface area contributed by atoms with Crippen molar-refractivity contribution in [1.29, 1.82) is 0 Å². The number of carbonyl (C=O) groups is 2. The minimum absolute atomic E-state index is 0.0186. The number of likely N-dealkylation sites (tertiary alicyclic amines) is 1. The molecule has 0 radical (unpaired) electrons. The quantitative estimate of drug-likeness (QED) is 0.484. The van der Waals surface area contributed by atoms with Crippen molar-refractivity contribution in [1.82, 2.24) is 10.2 Å². The van der Waals surface area contributed by atoms with Gasteiger partial charge in [-0.2, -0.15) is 0 Å². The van der Waals surface area contributed by atoms with Crippen LogP contribution >= 0.6 is 0 Å². The van der Waals surface area contributed by atoms with E-state index in [1.165, 1.54) is 51.0 Å². The van der Waals surface area contributed by atoms with Gasteiger partial charge in [0.2, 0.25) is 0 Å². The van der Waals surface area contributed by atoms with E-state index in [9.17, 15) is 14.0 Å². The van der Waals surface area contributed by atoms with Crippen LogP contribution in [-0.2, 0) is 6.42 Å². The van der Waals surface area contributed by atoms with Gasteiger partial charge in [0.15, 0.2) is 5.78 Å². The lowest BCUT2D eigenvalue weighted by molar-refractivity contribution is 0.101. The van der Waals surface area contributed by atoms with Crippen molar-refractivity contribution in [3.8, 4) is 0 Å². The molecule has 1 heterocycles. The summed E-state index contributed by atoms with van der Waals surface area (Å²) in [6.45, 7) is 3.31. The third-order valence-corrected chi connectivity index (χ3v) is 7.44. The second-order valence-corrected chi connectivity index (χ2v) is 9.85. The SMILES string of the molecule is CC(=O)c1cccc(NC(=O)NCC[C@@H]2CCCN2C2CCC(Cc3ccc(F)cc3)CC2)c1. The van der Waals surface area contributed by atoms with E-state index in [1.54, 1.807) is 36.4 Å². The first-order valence-corrected chi connectivity index (χ1v) is 12.6. The number of nitrogens with zero attached hydrogens (tertiary/aromatic N) is 1. The molecule has 1 atom stereocenters. The molecular weight excluding hydrogens is 429 g/mol. The maximum Gasteiger partial charge on any atom is 0.319 e. The summed E-state index contributed by atoms with van der Waals surface area (Å²) in [5, 5.41) is 5.81. The topological polar surface area (TPSA) is 61.4 Å². The number of Topliss-reactive ketones (excluding diaryl/α,β-unsaturated/α-hetero) is 1. The fourth-order valence-corrected chi connectivity index (χ4v) is 5.63. The van der Waals surface area contributed by atoms with Crippen LogP contribution in [0.5, 0.6) is 0 Å². The van der Waals surface area contributed by atoms with E-state index in [2.05, 4.69) is 15.5 Å². The Morgan fingerprint density at radius 3 is 2.53 bits per heavy atom. The number of urea groups is 1. The van der Waals surface area contributed by atoms with Gasteiger partial charge in [0.25, 0.3) is 0 Å². The molecule has 1 saturated carbocycles. The van der Waals surface area contributed by atoms with Gasteiger partial charge in [-0.3, -0.25) is 9.69 Å². The molecule has 5 nitrogen and oxygen atoms in total. The molecule has 2 amide bonds. The molecule has 4 rings (SSSR count). The Morgan fingerprint density at radius 2 is 1.79 bits per heavy atom. The first-order valence-electron chi connectivity index (χ1n) is 12.6. The van der Waals surface area contributed by atoms with Gasteiger partial charge in [0, 0.05) is 29.9 Å². The number of carbonyl (C=O) groups excluding carboxylic acids is 2. The van der Waals surface area contributed by atoms with Crippen LogP contribution in [-0.4, -0.2) is 41.9 Å². The zero-order valence-corrected chi connectivity index (χ0v) is 20.1. The van der Waals surface area contributed by atoms with Crippen molar-refractivity contribution < 1.29 is 14.0 Å². The molecule has 1 aliphatic carbocycles. The van der Waals surface area contributed by atoms with Crippen LogP contribution in [0.3, 0.4) is 0 Å². The number of amides is 2. The van der Waals surface area contributed by atoms with Crippen LogP contribution in [0.15, 0.2) is 48.5 Å². The van der Waals surface area contributed by atoms with E-state index < -0.39 is 0 Å². The van der Waals surface area contributed by atoms with Crippen LogP contribution in [0.4, 0.5) is 14.9 Å². The second kappa shape index (κ2) is 11.6. The molecule has 6 heteroatoms. The van der Waals surface area contributed by atoms with E-state index in [0.717, 1.165) is 19.4 Å². The molecule has 0 bridgehead atoms. The minimum Gasteiger partial charge on any atom is -0.338 e.